The van der Waals surface area contributed by atoms with Crippen LogP contribution in [-0.4, -0.2) is 22.1 Å². The fraction of sp³-hybridized carbons (Fsp3) is 0.444. The number of amides is 1. The third-order valence-corrected chi connectivity index (χ3v) is 1.76. The van der Waals surface area contributed by atoms with Gasteiger partial charge in [0.1, 0.15) is 0 Å². The van der Waals surface area contributed by atoms with Crippen LogP contribution in [0.1, 0.15) is 19.8 Å². The van der Waals surface area contributed by atoms with E-state index in [1.807, 2.05) is 6.92 Å². The lowest BCUT2D eigenvalue weighted by Crippen LogP contribution is -2.35. The first-order valence-electron chi connectivity index (χ1n) is 4.58. The summed E-state index contributed by atoms with van der Waals surface area (Å²) in [4.78, 5) is 11.4. The maximum Gasteiger partial charge on any atom is 0.242 e. The van der Waals surface area contributed by atoms with Crippen LogP contribution in [0.5, 0.6) is 0 Å². The lowest BCUT2D eigenvalue weighted by atomic mass is 10.2. The second-order valence-corrected chi connectivity index (χ2v) is 2.99. The summed E-state index contributed by atoms with van der Waals surface area (Å²) >= 11 is 0. The number of hydrogen-bond donors (Lipinski definition) is 2. The normalized spacial score (nSPS) is 12.1. The molecule has 0 aliphatic heterocycles. The number of hydrogen-bond acceptors (Lipinski definition) is 4. The molecule has 5 heteroatoms. The van der Waals surface area contributed by atoms with Gasteiger partial charge >= 0.3 is 0 Å². The highest BCUT2D eigenvalue weighted by molar-refractivity contribution is 5.93. The van der Waals surface area contributed by atoms with Gasteiger partial charge in [0, 0.05) is 6.20 Å². The van der Waals surface area contributed by atoms with Gasteiger partial charge in [0.05, 0.1) is 6.04 Å². The minimum absolute atomic E-state index is 0.215. The molecular formula is C9H14N4O. The van der Waals surface area contributed by atoms with Crippen LogP contribution in [0.2, 0.25) is 0 Å². The molecule has 76 valence electrons. The number of carbonyl (C=O) groups excluding carboxylic acids is 1. The molecule has 0 unspecified atom stereocenters. The van der Waals surface area contributed by atoms with Crippen molar-refractivity contribution in [3.05, 3.63) is 18.3 Å². The van der Waals surface area contributed by atoms with Crippen LogP contribution >= 0.6 is 0 Å². The molecule has 1 rings (SSSR count). The standard InChI is InChI=1S/C9H14N4O/c1-2-4-7(10)9(14)12-8-5-3-6-11-13-8/h3,5-7H,2,4,10H2,1H3,(H,12,13,14)/t7-/m0/s1. The molecule has 1 atom stereocenters. The molecule has 0 aromatic carbocycles. The van der Waals surface area contributed by atoms with Crippen molar-refractivity contribution in [2.75, 3.05) is 5.32 Å². The number of rotatable bonds is 4. The van der Waals surface area contributed by atoms with E-state index in [4.69, 9.17) is 5.73 Å². The molecule has 0 fully saturated rings. The molecule has 0 aliphatic rings. The second-order valence-electron chi connectivity index (χ2n) is 2.99. The summed E-state index contributed by atoms with van der Waals surface area (Å²) in [5.74, 6) is 0.219. The van der Waals surface area contributed by atoms with E-state index < -0.39 is 6.04 Å². The molecule has 3 N–H and O–H groups in total. The Morgan fingerprint density at radius 2 is 2.50 bits per heavy atom. The number of nitrogens with zero attached hydrogens (tertiary/aromatic N) is 2. The fourth-order valence-electron chi connectivity index (χ4n) is 1.03. The van der Waals surface area contributed by atoms with Crippen LogP contribution in [-0.2, 0) is 4.79 Å². The molecule has 1 amide bonds. The van der Waals surface area contributed by atoms with E-state index in [0.717, 1.165) is 6.42 Å². The van der Waals surface area contributed by atoms with Crippen molar-refractivity contribution in [1.82, 2.24) is 10.2 Å². The van der Waals surface area contributed by atoms with Gasteiger partial charge in [0.25, 0.3) is 0 Å². The van der Waals surface area contributed by atoms with Gasteiger partial charge in [0.15, 0.2) is 5.82 Å². The highest BCUT2D eigenvalue weighted by Crippen LogP contribution is 2.01. The molecule has 0 saturated heterocycles. The SMILES string of the molecule is CCC[C@H](N)C(=O)Nc1cccnn1. The van der Waals surface area contributed by atoms with E-state index in [0.29, 0.717) is 12.2 Å². The topological polar surface area (TPSA) is 80.9 Å². The zero-order chi connectivity index (χ0) is 10.4. The second kappa shape index (κ2) is 5.29. The number of aromatic nitrogens is 2. The molecule has 0 spiro atoms. The van der Waals surface area contributed by atoms with Crippen LogP contribution in [0.15, 0.2) is 18.3 Å². The number of carbonyl (C=O) groups is 1. The average Bonchev–Trinajstić information content (AvgIpc) is 2.19. The molecule has 0 saturated carbocycles. The Labute approximate surface area is 82.7 Å². The van der Waals surface area contributed by atoms with E-state index in [1.54, 1.807) is 18.3 Å². The summed E-state index contributed by atoms with van der Waals surface area (Å²) in [6, 6.07) is 2.90. The van der Waals surface area contributed by atoms with E-state index >= 15 is 0 Å². The van der Waals surface area contributed by atoms with Gasteiger partial charge in [-0.3, -0.25) is 4.79 Å². The predicted molar refractivity (Wildman–Crippen MR) is 53.5 cm³/mol. The van der Waals surface area contributed by atoms with Crippen molar-refractivity contribution >= 4 is 11.7 Å². The van der Waals surface area contributed by atoms with E-state index in [2.05, 4.69) is 15.5 Å². The molecule has 0 radical (unpaired) electrons. The first-order chi connectivity index (χ1) is 6.74. The van der Waals surface area contributed by atoms with Gasteiger partial charge in [0.2, 0.25) is 5.91 Å². The maximum absolute atomic E-state index is 11.4. The minimum Gasteiger partial charge on any atom is -0.320 e. The minimum atomic E-state index is -0.470. The van der Waals surface area contributed by atoms with Crippen molar-refractivity contribution in [2.24, 2.45) is 5.73 Å². The highest BCUT2D eigenvalue weighted by atomic mass is 16.2. The van der Waals surface area contributed by atoms with Crippen LogP contribution < -0.4 is 11.1 Å². The number of anilines is 1. The van der Waals surface area contributed by atoms with E-state index in [1.165, 1.54) is 0 Å². The molecule has 5 nitrogen and oxygen atoms in total. The van der Waals surface area contributed by atoms with Gasteiger partial charge in [-0.05, 0) is 18.6 Å². The zero-order valence-electron chi connectivity index (χ0n) is 8.10. The van der Waals surface area contributed by atoms with E-state index in [9.17, 15) is 4.79 Å². The summed E-state index contributed by atoms with van der Waals surface area (Å²) < 4.78 is 0. The van der Waals surface area contributed by atoms with Gasteiger partial charge in [-0.15, -0.1) is 5.10 Å². The smallest absolute Gasteiger partial charge is 0.242 e. The monoisotopic (exact) mass is 194 g/mol. The molecule has 1 aromatic heterocycles. The quantitative estimate of drug-likeness (QED) is 0.733. The molecule has 1 aromatic rings. The third-order valence-electron chi connectivity index (χ3n) is 1.76. The Hall–Kier alpha value is -1.49. The first-order valence-corrected chi connectivity index (χ1v) is 4.58. The predicted octanol–water partition coefficient (Wildman–Crippen LogP) is 0.542. The highest BCUT2D eigenvalue weighted by Gasteiger charge is 2.12. The van der Waals surface area contributed by atoms with Gasteiger partial charge in [-0.25, -0.2) is 0 Å². The lowest BCUT2D eigenvalue weighted by molar-refractivity contribution is -0.117. The Morgan fingerprint density at radius 1 is 1.71 bits per heavy atom. The van der Waals surface area contributed by atoms with E-state index in [-0.39, 0.29) is 5.91 Å². The Balaban J connectivity index is 2.49. The van der Waals surface area contributed by atoms with Gasteiger partial charge < -0.3 is 11.1 Å². The largest absolute Gasteiger partial charge is 0.320 e. The summed E-state index contributed by atoms with van der Waals surface area (Å²) in [6.07, 6.45) is 3.10. The Kier molecular flexibility index (Phi) is 4.00. The summed E-state index contributed by atoms with van der Waals surface area (Å²) in [5.41, 5.74) is 5.62. The van der Waals surface area contributed by atoms with Crippen LogP contribution in [0, 0.1) is 0 Å². The molecule has 1 heterocycles. The van der Waals surface area contributed by atoms with Crippen molar-refractivity contribution in [1.29, 1.82) is 0 Å². The molecule has 14 heavy (non-hydrogen) atoms. The van der Waals surface area contributed by atoms with Crippen molar-refractivity contribution in [2.45, 2.75) is 25.8 Å². The van der Waals surface area contributed by atoms with Crippen molar-refractivity contribution in [3.8, 4) is 0 Å². The molecular weight excluding hydrogens is 180 g/mol. The summed E-state index contributed by atoms with van der Waals surface area (Å²) in [6.45, 7) is 1.98. The Morgan fingerprint density at radius 3 is 3.07 bits per heavy atom. The lowest BCUT2D eigenvalue weighted by Gasteiger charge is -2.09. The van der Waals surface area contributed by atoms with Crippen LogP contribution in [0.3, 0.4) is 0 Å². The maximum atomic E-state index is 11.4. The number of nitrogens with one attached hydrogen (secondary N) is 1. The van der Waals surface area contributed by atoms with Gasteiger partial charge in [-0.2, -0.15) is 5.10 Å². The Bertz CT molecular complexity index is 288. The third kappa shape index (κ3) is 3.10. The average molecular weight is 194 g/mol. The zero-order valence-corrected chi connectivity index (χ0v) is 8.10. The van der Waals surface area contributed by atoms with Crippen molar-refractivity contribution in [3.63, 3.8) is 0 Å². The van der Waals surface area contributed by atoms with Crippen LogP contribution in [0.25, 0.3) is 0 Å². The van der Waals surface area contributed by atoms with Crippen molar-refractivity contribution < 1.29 is 4.79 Å². The molecule has 0 bridgehead atoms. The van der Waals surface area contributed by atoms with Crippen LogP contribution in [0.4, 0.5) is 5.82 Å². The summed E-state index contributed by atoms with van der Waals surface area (Å²) in [5, 5.41) is 9.95. The number of nitrogens with two attached hydrogens (primary N) is 1. The molecule has 0 aliphatic carbocycles. The fourth-order valence-corrected chi connectivity index (χ4v) is 1.03. The summed E-state index contributed by atoms with van der Waals surface area (Å²) in [7, 11) is 0. The van der Waals surface area contributed by atoms with Gasteiger partial charge in [-0.1, -0.05) is 13.3 Å². The first kappa shape index (κ1) is 10.6.